The molecule has 0 fully saturated rings. The van der Waals surface area contributed by atoms with Crippen LogP contribution < -0.4 is 15.2 Å². The number of hydrogen-bond donors (Lipinski definition) is 1. The van der Waals surface area contributed by atoms with Crippen molar-refractivity contribution in [2.45, 2.75) is 44.7 Å². The van der Waals surface area contributed by atoms with Crippen LogP contribution in [0.3, 0.4) is 0 Å². The van der Waals surface area contributed by atoms with E-state index in [0.29, 0.717) is 17.7 Å². The van der Waals surface area contributed by atoms with Crippen molar-refractivity contribution in [1.82, 2.24) is 9.88 Å². The van der Waals surface area contributed by atoms with Gasteiger partial charge in [-0.2, -0.15) is 0 Å². The highest BCUT2D eigenvalue weighted by Gasteiger charge is 2.45. The number of imide groups is 1. The molecule has 2 N–H and O–H groups in total. The Kier molecular flexibility index (Phi) is 5.88. The molecular weight excluding hydrogens is 370 g/mol. The summed E-state index contributed by atoms with van der Waals surface area (Å²) in [7, 11) is 2.94. The van der Waals surface area contributed by atoms with Crippen molar-refractivity contribution in [2.24, 2.45) is 5.73 Å². The van der Waals surface area contributed by atoms with Gasteiger partial charge >= 0.3 is 0 Å². The number of hydrogen-bond acceptors (Lipinski definition) is 6. The van der Waals surface area contributed by atoms with E-state index in [2.05, 4.69) is 4.98 Å². The Morgan fingerprint density at radius 1 is 1.17 bits per heavy atom. The molecule has 0 saturated heterocycles. The van der Waals surface area contributed by atoms with Gasteiger partial charge in [-0.15, -0.1) is 0 Å². The van der Waals surface area contributed by atoms with Crippen molar-refractivity contribution in [3.63, 3.8) is 0 Å². The molecule has 2 unspecified atom stereocenters. The first-order valence-electron chi connectivity index (χ1n) is 9.62. The summed E-state index contributed by atoms with van der Waals surface area (Å²) < 4.78 is 10.6. The average molecular weight is 397 g/mol. The van der Waals surface area contributed by atoms with Crippen molar-refractivity contribution in [3.05, 3.63) is 53.3 Å². The average Bonchev–Trinajstić information content (AvgIpc) is 2.97. The maximum atomic E-state index is 13.1. The first-order valence-corrected chi connectivity index (χ1v) is 9.62. The topological polar surface area (TPSA) is 94.8 Å². The minimum absolute atomic E-state index is 0.231. The molecule has 29 heavy (non-hydrogen) atoms. The number of fused-ring (bicyclic) bond motifs is 1. The maximum absolute atomic E-state index is 13.1. The van der Waals surface area contributed by atoms with Gasteiger partial charge in [0.05, 0.1) is 31.4 Å². The van der Waals surface area contributed by atoms with Gasteiger partial charge in [0, 0.05) is 17.9 Å². The Hall–Kier alpha value is -2.93. The van der Waals surface area contributed by atoms with Crippen LogP contribution in [-0.2, 0) is 6.42 Å². The zero-order valence-corrected chi connectivity index (χ0v) is 17.3. The molecule has 7 nitrogen and oxygen atoms in total. The summed E-state index contributed by atoms with van der Waals surface area (Å²) in [6.45, 7) is 3.69. The summed E-state index contributed by atoms with van der Waals surface area (Å²) in [4.78, 5) is 31.5. The first-order chi connectivity index (χ1) is 13.8. The van der Waals surface area contributed by atoms with Gasteiger partial charge in [-0.1, -0.05) is 6.07 Å². The quantitative estimate of drug-likeness (QED) is 0.688. The van der Waals surface area contributed by atoms with Gasteiger partial charge in [0.2, 0.25) is 0 Å². The summed E-state index contributed by atoms with van der Waals surface area (Å²) >= 11 is 0. The number of methoxy groups -OCH3 is 2. The highest BCUT2D eigenvalue weighted by Crippen LogP contribution is 2.40. The van der Waals surface area contributed by atoms with E-state index < -0.39 is 17.5 Å². The Bertz CT molecular complexity index is 912. The van der Waals surface area contributed by atoms with Crippen LogP contribution in [0.2, 0.25) is 0 Å². The fourth-order valence-electron chi connectivity index (χ4n) is 3.73. The van der Waals surface area contributed by atoms with E-state index in [9.17, 15) is 9.59 Å². The fourth-order valence-corrected chi connectivity index (χ4v) is 3.73. The van der Waals surface area contributed by atoms with Gasteiger partial charge < -0.3 is 15.2 Å². The Labute approximate surface area is 170 Å². The summed E-state index contributed by atoms with van der Waals surface area (Å²) in [5.41, 5.74) is 7.50. The molecule has 2 amide bonds. The van der Waals surface area contributed by atoms with Crippen molar-refractivity contribution >= 4 is 11.8 Å². The van der Waals surface area contributed by atoms with Crippen LogP contribution in [0.15, 0.2) is 36.7 Å². The molecule has 2 heterocycles. The smallest absolute Gasteiger partial charge is 0.265 e. The highest BCUT2D eigenvalue weighted by molar-refractivity contribution is 6.23. The lowest BCUT2D eigenvalue weighted by Crippen LogP contribution is -2.56. The molecule has 7 heteroatoms. The van der Waals surface area contributed by atoms with Crippen molar-refractivity contribution < 1.29 is 19.1 Å². The predicted octanol–water partition coefficient (Wildman–Crippen LogP) is 2.82. The molecule has 0 aliphatic carbocycles. The van der Waals surface area contributed by atoms with Crippen molar-refractivity contribution in [2.75, 3.05) is 14.2 Å². The second-order valence-electron chi connectivity index (χ2n) is 7.60. The van der Waals surface area contributed by atoms with Gasteiger partial charge in [0.25, 0.3) is 11.8 Å². The lowest BCUT2D eigenvalue weighted by Gasteiger charge is -2.36. The number of aryl methyl sites for hydroxylation is 1. The second kappa shape index (κ2) is 8.21. The van der Waals surface area contributed by atoms with Crippen LogP contribution >= 0.6 is 0 Å². The second-order valence-corrected chi connectivity index (χ2v) is 7.60. The van der Waals surface area contributed by atoms with E-state index in [1.165, 1.54) is 19.1 Å². The van der Waals surface area contributed by atoms with Gasteiger partial charge in [-0.3, -0.25) is 19.5 Å². The molecule has 2 atom stereocenters. The van der Waals surface area contributed by atoms with E-state index in [0.717, 1.165) is 18.4 Å². The Balaban J connectivity index is 1.78. The Morgan fingerprint density at radius 2 is 1.93 bits per heavy atom. The molecule has 0 saturated carbocycles. The molecule has 154 valence electrons. The van der Waals surface area contributed by atoms with Gasteiger partial charge in [-0.25, -0.2) is 0 Å². The van der Waals surface area contributed by atoms with Crippen LogP contribution in [0.5, 0.6) is 11.5 Å². The zero-order valence-electron chi connectivity index (χ0n) is 17.3. The van der Waals surface area contributed by atoms with Gasteiger partial charge in [0.15, 0.2) is 11.5 Å². The first kappa shape index (κ1) is 20.8. The molecule has 1 aromatic heterocycles. The summed E-state index contributed by atoms with van der Waals surface area (Å²) in [6, 6.07) is 6.67. The molecule has 1 aliphatic heterocycles. The van der Waals surface area contributed by atoms with Crippen LogP contribution in [0.1, 0.15) is 53.0 Å². The monoisotopic (exact) mass is 397 g/mol. The van der Waals surface area contributed by atoms with Crippen LogP contribution in [0, 0.1) is 0 Å². The van der Waals surface area contributed by atoms with Crippen molar-refractivity contribution in [1.29, 1.82) is 0 Å². The summed E-state index contributed by atoms with van der Waals surface area (Å²) in [5, 5.41) is 0. The lowest BCUT2D eigenvalue weighted by molar-refractivity contribution is 0.0520. The third-order valence-electron chi connectivity index (χ3n) is 5.67. The molecule has 0 spiro atoms. The van der Waals surface area contributed by atoms with Gasteiger partial charge in [0.1, 0.15) is 0 Å². The normalized spacial score (nSPS) is 16.4. The number of carbonyl (C=O) groups excluding carboxylic acids is 2. The van der Waals surface area contributed by atoms with E-state index in [-0.39, 0.29) is 17.2 Å². The predicted molar refractivity (Wildman–Crippen MR) is 109 cm³/mol. The largest absolute Gasteiger partial charge is 0.493 e. The molecule has 1 aromatic carbocycles. The molecule has 2 aromatic rings. The Morgan fingerprint density at radius 3 is 2.55 bits per heavy atom. The molecule has 3 rings (SSSR count). The third-order valence-corrected chi connectivity index (χ3v) is 5.67. The molecular formula is C22H27N3O4. The standard InChI is InChI=1S/C22H27N3O4/c1-14(22(2,23)11-5-7-15-8-6-12-24-13-15)25-20(26)16-9-10-17(28-3)19(29-4)18(16)21(25)27/h6,8-10,12-14H,5,7,11,23H2,1-4H3. The number of pyridine rings is 1. The van der Waals surface area contributed by atoms with Crippen LogP contribution in [0.4, 0.5) is 0 Å². The number of nitrogens with two attached hydrogens (primary N) is 1. The molecule has 1 aliphatic rings. The van der Waals surface area contributed by atoms with E-state index in [1.54, 1.807) is 18.3 Å². The van der Waals surface area contributed by atoms with E-state index in [4.69, 9.17) is 15.2 Å². The number of amides is 2. The van der Waals surface area contributed by atoms with E-state index in [1.807, 2.05) is 32.2 Å². The number of carbonyl (C=O) groups is 2. The maximum Gasteiger partial charge on any atom is 0.265 e. The number of nitrogens with zero attached hydrogens (tertiary/aromatic N) is 2. The number of aromatic nitrogens is 1. The summed E-state index contributed by atoms with van der Waals surface area (Å²) in [5.74, 6) is -0.0817. The number of rotatable bonds is 8. The molecule has 0 radical (unpaired) electrons. The summed E-state index contributed by atoms with van der Waals surface area (Å²) in [6.07, 6.45) is 5.88. The van der Waals surface area contributed by atoms with Gasteiger partial charge in [-0.05, 0) is 56.9 Å². The minimum Gasteiger partial charge on any atom is -0.493 e. The minimum atomic E-state index is -0.743. The highest BCUT2D eigenvalue weighted by atomic mass is 16.5. The van der Waals surface area contributed by atoms with Crippen molar-refractivity contribution in [3.8, 4) is 11.5 Å². The lowest BCUT2D eigenvalue weighted by atomic mass is 9.87. The SMILES string of the molecule is COc1ccc2c(c1OC)C(=O)N(C(C)C(C)(N)CCCc1cccnc1)C2=O. The third kappa shape index (κ3) is 3.82. The number of ether oxygens (including phenoxy) is 2. The molecule has 0 bridgehead atoms. The van der Waals surface area contributed by atoms with Crippen LogP contribution in [0.25, 0.3) is 0 Å². The van der Waals surface area contributed by atoms with Crippen LogP contribution in [-0.4, -0.2) is 47.5 Å². The number of benzene rings is 1. The fraction of sp³-hybridized carbons (Fsp3) is 0.409. The zero-order chi connectivity index (χ0) is 21.2. The van der Waals surface area contributed by atoms with E-state index >= 15 is 0 Å².